The van der Waals surface area contributed by atoms with Crippen molar-refractivity contribution in [2.75, 3.05) is 31.1 Å². The van der Waals surface area contributed by atoms with E-state index in [0.717, 1.165) is 44.9 Å². The highest BCUT2D eigenvalue weighted by Crippen LogP contribution is 2.29. The summed E-state index contributed by atoms with van der Waals surface area (Å²) >= 11 is 0. The van der Waals surface area contributed by atoms with Gasteiger partial charge in [-0.3, -0.25) is 0 Å². The van der Waals surface area contributed by atoms with E-state index in [1.807, 2.05) is 84.4 Å². The van der Waals surface area contributed by atoms with Crippen molar-refractivity contribution >= 4 is 26.9 Å². The number of sulfonamides is 1. The van der Waals surface area contributed by atoms with Gasteiger partial charge in [-0.1, -0.05) is 60.7 Å². The van der Waals surface area contributed by atoms with Crippen molar-refractivity contribution in [3.8, 4) is 16.8 Å². The Morgan fingerprint density at radius 2 is 1.34 bits per heavy atom. The molecule has 3 aromatic carbocycles. The lowest BCUT2D eigenvalue weighted by Crippen LogP contribution is -2.48. The normalized spacial score (nSPS) is 14.7. The summed E-state index contributed by atoms with van der Waals surface area (Å²) in [5, 5.41) is 5.81. The molecule has 0 amide bonds. The molecule has 0 bridgehead atoms. The maximum atomic E-state index is 13.4. The number of pyridine rings is 1. The van der Waals surface area contributed by atoms with Gasteiger partial charge in [-0.25, -0.2) is 18.1 Å². The average molecular weight is 524 g/mol. The third kappa shape index (κ3) is 4.36. The minimum atomic E-state index is -3.58. The van der Waals surface area contributed by atoms with Gasteiger partial charge in [0, 0.05) is 31.6 Å². The Hall–Kier alpha value is -4.01. The van der Waals surface area contributed by atoms with Crippen LogP contribution in [0, 0.1) is 13.8 Å². The Bertz CT molecular complexity index is 1690. The van der Waals surface area contributed by atoms with Crippen LogP contribution in [0.3, 0.4) is 0 Å². The predicted molar refractivity (Wildman–Crippen MR) is 151 cm³/mol. The first-order valence-electron chi connectivity index (χ1n) is 12.7. The Balaban J connectivity index is 1.22. The molecule has 1 saturated heterocycles. The van der Waals surface area contributed by atoms with E-state index in [4.69, 9.17) is 10.1 Å². The van der Waals surface area contributed by atoms with E-state index in [1.165, 1.54) is 0 Å². The molecule has 0 saturated carbocycles. The topological polar surface area (TPSA) is 71.3 Å². The molecule has 192 valence electrons. The second-order valence-electron chi connectivity index (χ2n) is 9.61. The van der Waals surface area contributed by atoms with E-state index in [2.05, 4.69) is 17.9 Å². The van der Waals surface area contributed by atoms with Crippen molar-refractivity contribution in [1.82, 2.24) is 19.1 Å². The number of rotatable bonds is 5. The summed E-state index contributed by atoms with van der Waals surface area (Å²) in [5.74, 6) is 0.844. The van der Waals surface area contributed by atoms with Gasteiger partial charge in [0.25, 0.3) is 0 Å². The molecule has 0 atom stereocenters. The van der Waals surface area contributed by atoms with Gasteiger partial charge < -0.3 is 4.90 Å². The second kappa shape index (κ2) is 9.70. The zero-order valence-corrected chi connectivity index (χ0v) is 22.3. The first kappa shape index (κ1) is 24.3. The first-order chi connectivity index (χ1) is 18.4. The lowest BCUT2D eigenvalue weighted by atomic mass is 10.1. The van der Waals surface area contributed by atoms with Gasteiger partial charge in [0.1, 0.15) is 5.82 Å². The van der Waals surface area contributed by atoms with Gasteiger partial charge in [0.2, 0.25) is 10.0 Å². The van der Waals surface area contributed by atoms with Crippen LogP contribution in [0.15, 0.2) is 95.9 Å². The van der Waals surface area contributed by atoms with Gasteiger partial charge >= 0.3 is 0 Å². The summed E-state index contributed by atoms with van der Waals surface area (Å²) in [7, 11) is -3.58. The number of hydrogen-bond donors (Lipinski definition) is 0. The molecule has 0 spiro atoms. The van der Waals surface area contributed by atoms with Crippen LogP contribution >= 0.6 is 0 Å². The number of hydrogen-bond acceptors (Lipinski definition) is 5. The number of nitrogens with zero attached hydrogens (tertiary/aromatic N) is 5. The quantitative estimate of drug-likeness (QED) is 0.316. The molecule has 0 aliphatic carbocycles. The highest BCUT2D eigenvalue weighted by molar-refractivity contribution is 7.89. The predicted octanol–water partition coefficient (Wildman–Crippen LogP) is 5.22. The minimum absolute atomic E-state index is 0.322. The number of aryl methyl sites for hydroxylation is 2. The highest BCUT2D eigenvalue weighted by atomic mass is 32.2. The van der Waals surface area contributed by atoms with E-state index >= 15 is 0 Å². The van der Waals surface area contributed by atoms with Gasteiger partial charge in [-0.05, 0) is 60.9 Å². The molecule has 2 aromatic heterocycles. The van der Waals surface area contributed by atoms with Crippen LogP contribution < -0.4 is 4.90 Å². The molecule has 3 heterocycles. The van der Waals surface area contributed by atoms with Gasteiger partial charge in [0.05, 0.1) is 16.3 Å². The standard InChI is InChI=1S/C30H29N5O2S/c1-22-21-28(31-30-29(22)23(2)32-35(30)26-11-7-4-8-12-26)33-17-19-34(20-18-33)38(36,37)27-15-13-25(14-16-27)24-9-5-3-6-10-24/h3-16,21H,17-20H2,1-2H3. The van der Waals surface area contributed by atoms with Crippen LogP contribution in [0.1, 0.15) is 11.3 Å². The summed E-state index contributed by atoms with van der Waals surface area (Å²) in [5.41, 5.74) is 5.89. The van der Waals surface area contributed by atoms with Crippen molar-refractivity contribution < 1.29 is 8.42 Å². The van der Waals surface area contributed by atoms with Crippen LogP contribution in [0.2, 0.25) is 0 Å². The van der Waals surface area contributed by atoms with Crippen LogP contribution in [-0.2, 0) is 10.0 Å². The molecule has 0 radical (unpaired) electrons. The molecule has 5 aromatic rings. The van der Waals surface area contributed by atoms with E-state index in [-0.39, 0.29) is 0 Å². The van der Waals surface area contributed by atoms with Gasteiger partial charge in [-0.15, -0.1) is 0 Å². The van der Waals surface area contributed by atoms with E-state index in [9.17, 15) is 8.42 Å². The molecule has 1 fully saturated rings. The van der Waals surface area contributed by atoms with E-state index in [1.54, 1.807) is 16.4 Å². The monoisotopic (exact) mass is 523 g/mol. The van der Waals surface area contributed by atoms with Crippen LogP contribution in [0.4, 0.5) is 5.82 Å². The van der Waals surface area contributed by atoms with Crippen molar-refractivity contribution in [2.45, 2.75) is 18.7 Å². The SMILES string of the molecule is Cc1cc(N2CCN(S(=O)(=O)c3ccc(-c4ccccc4)cc3)CC2)nc2c1c(C)nn2-c1ccccc1. The minimum Gasteiger partial charge on any atom is -0.354 e. The number of fused-ring (bicyclic) bond motifs is 1. The molecule has 38 heavy (non-hydrogen) atoms. The number of benzene rings is 3. The molecular formula is C30H29N5O2S. The summed E-state index contributed by atoms with van der Waals surface area (Å²) in [6.45, 7) is 6.02. The maximum absolute atomic E-state index is 13.4. The average Bonchev–Trinajstić information content (AvgIpc) is 3.31. The highest BCUT2D eigenvalue weighted by Gasteiger charge is 2.29. The fourth-order valence-electron chi connectivity index (χ4n) is 5.15. The van der Waals surface area contributed by atoms with Crippen LogP contribution in [0.5, 0.6) is 0 Å². The molecule has 1 aliphatic rings. The smallest absolute Gasteiger partial charge is 0.243 e. The van der Waals surface area contributed by atoms with E-state index in [0.29, 0.717) is 31.1 Å². The summed E-state index contributed by atoms with van der Waals surface area (Å²) in [6, 6.07) is 29.2. The zero-order valence-electron chi connectivity index (χ0n) is 21.4. The van der Waals surface area contributed by atoms with Crippen LogP contribution in [-0.4, -0.2) is 53.7 Å². The molecular weight excluding hydrogens is 494 g/mol. The first-order valence-corrected chi connectivity index (χ1v) is 14.2. The Labute approximate surface area is 223 Å². The summed E-state index contributed by atoms with van der Waals surface area (Å²) < 4.78 is 30.2. The van der Waals surface area contributed by atoms with Crippen molar-refractivity contribution in [3.05, 3.63) is 102 Å². The molecule has 7 nitrogen and oxygen atoms in total. The van der Waals surface area contributed by atoms with Crippen molar-refractivity contribution in [2.24, 2.45) is 0 Å². The fraction of sp³-hybridized carbons (Fsp3) is 0.200. The third-order valence-corrected chi connectivity index (χ3v) is 9.07. The molecule has 1 aliphatic heterocycles. The van der Waals surface area contributed by atoms with Crippen molar-refractivity contribution in [1.29, 1.82) is 0 Å². The summed E-state index contributed by atoms with van der Waals surface area (Å²) in [6.07, 6.45) is 0. The van der Waals surface area contributed by atoms with Crippen molar-refractivity contribution in [3.63, 3.8) is 0 Å². The Morgan fingerprint density at radius 3 is 2.00 bits per heavy atom. The van der Waals surface area contributed by atoms with Gasteiger partial charge in [0.15, 0.2) is 5.65 Å². The third-order valence-electron chi connectivity index (χ3n) is 7.16. The van der Waals surface area contributed by atoms with Gasteiger partial charge in [-0.2, -0.15) is 9.40 Å². The second-order valence-corrected chi connectivity index (χ2v) is 11.5. The summed E-state index contributed by atoms with van der Waals surface area (Å²) in [4.78, 5) is 7.48. The Morgan fingerprint density at radius 1 is 0.737 bits per heavy atom. The largest absolute Gasteiger partial charge is 0.354 e. The fourth-order valence-corrected chi connectivity index (χ4v) is 6.58. The lowest BCUT2D eigenvalue weighted by Gasteiger charge is -2.34. The number of para-hydroxylation sites is 1. The number of aromatic nitrogens is 3. The van der Waals surface area contributed by atoms with E-state index < -0.39 is 10.0 Å². The number of anilines is 1. The Kier molecular flexibility index (Phi) is 6.21. The molecule has 0 N–H and O–H groups in total. The molecule has 6 rings (SSSR count). The lowest BCUT2D eigenvalue weighted by molar-refractivity contribution is 0.384. The molecule has 0 unspecified atom stereocenters. The molecule has 8 heteroatoms. The van der Waals surface area contributed by atoms with Crippen LogP contribution in [0.25, 0.3) is 27.8 Å². The maximum Gasteiger partial charge on any atom is 0.243 e. The number of piperazine rings is 1. The zero-order chi connectivity index (χ0) is 26.3.